The Morgan fingerprint density at radius 1 is 1.25 bits per heavy atom. The molecule has 1 aliphatic rings. The molecule has 0 aliphatic heterocycles. The third-order valence-electron chi connectivity index (χ3n) is 1.66. The van der Waals surface area contributed by atoms with Crippen LogP contribution in [0.5, 0.6) is 0 Å². The molecule has 0 atom stereocenters. The summed E-state index contributed by atoms with van der Waals surface area (Å²) < 4.78 is 4.14. The minimum atomic E-state index is -0.824. The number of ketones is 3. The van der Waals surface area contributed by atoms with Crippen LogP contribution in [-0.2, 0) is 19.0 Å². The number of carbonyl (C=O) groups is 3. The number of Topliss-reactive ketones (excluding diaryl/α,β-unsaturated/α-hetero) is 3. The van der Waals surface area contributed by atoms with Gasteiger partial charge in [-0.3, -0.25) is 14.4 Å². The first kappa shape index (κ1) is 8.71. The fourth-order valence-electron chi connectivity index (χ4n) is 0.924. The number of carbonyl (C=O) groups excluding carboxylic acids is 3. The molecule has 0 spiro atoms. The Balaban J connectivity index is 3.18. The molecule has 1 aliphatic carbocycles. The highest BCUT2D eigenvalue weighted by atomic mass is 16.4. The van der Waals surface area contributed by atoms with Gasteiger partial charge < -0.3 is 4.65 Å². The van der Waals surface area contributed by atoms with E-state index < -0.39 is 17.3 Å². The highest BCUT2D eigenvalue weighted by Crippen LogP contribution is 2.16. The molecule has 0 aromatic rings. The van der Waals surface area contributed by atoms with Gasteiger partial charge >= 0.3 is 8.05 Å². The number of hydrogen-bond acceptors (Lipinski definition) is 4. The zero-order valence-electron chi connectivity index (χ0n) is 6.42. The maximum Gasteiger partial charge on any atom is 0.374 e. The lowest BCUT2D eigenvalue weighted by molar-refractivity contribution is -0.138. The van der Waals surface area contributed by atoms with Crippen LogP contribution >= 0.6 is 0 Å². The lowest BCUT2D eigenvalue weighted by Crippen LogP contribution is -2.28. The summed E-state index contributed by atoms with van der Waals surface area (Å²) in [5.74, 6) is -2.35. The molecule has 0 saturated heterocycles. The van der Waals surface area contributed by atoms with Crippen LogP contribution in [0, 0.1) is 0 Å². The molecule has 4 nitrogen and oxygen atoms in total. The summed E-state index contributed by atoms with van der Waals surface area (Å²) >= 11 is 0. The zero-order chi connectivity index (χ0) is 9.30. The normalized spacial score (nSPS) is 18.6. The summed E-state index contributed by atoms with van der Waals surface area (Å²) in [5, 5.41) is 0. The Morgan fingerprint density at radius 3 is 2.33 bits per heavy atom. The molecule has 0 unspecified atom stereocenters. The van der Waals surface area contributed by atoms with Crippen molar-refractivity contribution < 1.29 is 19.0 Å². The molecule has 0 aromatic carbocycles. The third kappa shape index (κ3) is 1.18. The first-order valence-electron chi connectivity index (χ1n) is 3.26. The van der Waals surface area contributed by atoms with E-state index in [-0.39, 0.29) is 17.8 Å². The SMILES string of the molecule is [B]OC1=C(C)C(=O)CC(=O)C1=O. The Bertz CT molecular complexity index is 303. The van der Waals surface area contributed by atoms with Gasteiger partial charge in [0.25, 0.3) is 5.78 Å². The van der Waals surface area contributed by atoms with Crippen molar-refractivity contribution in [3.8, 4) is 0 Å². The van der Waals surface area contributed by atoms with Crippen LogP contribution in [0.1, 0.15) is 13.3 Å². The second-order valence-electron chi connectivity index (χ2n) is 2.42. The van der Waals surface area contributed by atoms with Crippen LogP contribution in [0.3, 0.4) is 0 Å². The van der Waals surface area contributed by atoms with E-state index in [9.17, 15) is 14.4 Å². The molecule has 0 heterocycles. The second kappa shape index (κ2) is 2.93. The van der Waals surface area contributed by atoms with Gasteiger partial charge in [-0.05, 0) is 6.92 Å². The van der Waals surface area contributed by atoms with Gasteiger partial charge in [0.2, 0.25) is 5.78 Å². The summed E-state index contributed by atoms with van der Waals surface area (Å²) in [4.78, 5) is 32.7. The highest BCUT2D eigenvalue weighted by molar-refractivity contribution is 6.49. The minimum absolute atomic E-state index is 0.113. The molecule has 0 N–H and O–H groups in total. The van der Waals surface area contributed by atoms with Crippen LogP contribution in [0.25, 0.3) is 0 Å². The third-order valence-corrected chi connectivity index (χ3v) is 1.66. The molecule has 0 aromatic heterocycles. The molecule has 0 saturated carbocycles. The van der Waals surface area contributed by atoms with Gasteiger partial charge in [0.15, 0.2) is 11.5 Å². The van der Waals surface area contributed by atoms with Crippen molar-refractivity contribution in [3.63, 3.8) is 0 Å². The van der Waals surface area contributed by atoms with Crippen LogP contribution in [0.4, 0.5) is 0 Å². The standard InChI is InChI=1S/C7H5BO4/c1-3-4(9)2-5(10)6(11)7(3)12-8/h2H2,1H3. The molecular weight excluding hydrogens is 159 g/mol. The Labute approximate surface area is 70.0 Å². The molecule has 0 bridgehead atoms. The molecule has 12 heavy (non-hydrogen) atoms. The fourth-order valence-corrected chi connectivity index (χ4v) is 0.924. The van der Waals surface area contributed by atoms with E-state index in [0.29, 0.717) is 0 Å². The van der Waals surface area contributed by atoms with E-state index in [4.69, 9.17) is 8.05 Å². The van der Waals surface area contributed by atoms with E-state index >= 15 is 0 Å². The predicted octanol–water partition coefficient (Wildman–Crippen LogP) is -0.529. The molecule has 1 rings (SSSR count). The van der Waals surface area contributed by atoms with E-state index in [1.165, 1.54) is 6.92 Å². The van der Waals surface area contributed by atoms with Crippen molar-refractivity contribution in [2.45, 2.75) is 13.3 Å². The van der Waals surface area contributed by atoms with Crippen LogP contribution in [-0.4, -0.2) is 25.4 Å². The van der Waals surface area contributed by atoms with Crippen molar-refractivity contribution in [2.24, 2.45) is 0 Å². The van der Waals surface area contributed by atoms with Crippen molar-refractivity contribution in [1.29, 1.82) is 0 Å². The maximum absolute atomic E-state index is 11.0. The average Bonchev–Trinajstić information content (AvgIpc) is 2.02. The first-order valence-corrected chi connectivity index (χ1v) is 3.26. The van der Waals surface area contributed by atoms with Crippen LogP contribution in [0.15, 0.2) is 11.3 Å². The highest BCUT2D eigenvalue weighted by Gasteiger charge is 2.31. The molecule has 0 fully saturated rings. The van der Waals surface area contributed by atoms with Gasteiger partial charge in [-0.1, -0.05) is 0 Å². The van der Waals surface area contributed by atoms with Gasteiger partial charge in [0.05, 0.1) is 6.42 Å². The second-order valence-corrected chi connectivity index (χ2v) is 2.42. The van der Waals surface area contributed by atoms with Gasteiger partial charge in [0.1, 0.15) is 0 Å². The Morgan fingerprint density at radius 2 is 1.83 bits per heavy atom. The molecule has 2 radical (unpaired) electrons. The summed E-state index contributed by atoms with van der Waals surface area (Å²) in [6.07, 6.45) is -0.377. The largest absolute Gasteiger partial charge is 0.565 e. The van der Waals surface area contributed by atoms with Crippen molar-refractivity contribution >= 4 is 25.4 Å². The Kier molecular flexibility index (Phi) is 2.12. The minimum Gasteiger partial charge on any atom is -0.565 e. The van der Waals surface area contributed by atoms with E-state index in [0.717, 1.165) is 0 Å². The summed E-state index contributed by atoms with van der Waals surface area (Å²) in [7, 11) is 4.73. The van der Waals surface area contributed by atoms with Crippen LogP contribution in [0.2, 0.25) is 0 Å². The van der Waals surface area contributed by atoms with E-state index in [2.05, 4.69) is 4.65 Å². The van der Waals surface area contributed by atoms with Gasteiger partial charge in [0, 0.05) is 5.57 Å². The summed E-state index contributed by atoms with van der Waals surface area (Å²) in [6.45, 7) is 1.40. The smallest absolute Gasteiger partial charge is 0.374 e. The monoisotopic (exact) mass is 164 g/mol. The van der Waals surface area contributed by atoms with Crippen molar-refractivity contribution in [2.75, 3.05) is 0 Å². The van der Waals surface area contributed by atoms with Gasteiger partial charge in [-0.15, -0.1) is 0 Å². The predicted molar refractivity (Wildman–Crippen MR) is 39.2 cm³/mol. The number of hydrogen-bond donors (Lipinski definition) is 0. The van der Waals surface area contributed by atoms with Crippen molar-refractivity contribution in [3.05, 3.63) is 11.3 Å². The number of allylic oxidation sites excluding steroid dienone is 2. The van der Waals surface area contributed by atoms with Crippen LogP contribution < -0.4 is 0 Å². The van der Waals surface area contributed by atoms with Crippen molar-refractivity contribution in [1.82, 2.24) is 0 Å². The first-order chi connectivity index (χ1) is 5.57. The lowest BCUT2D eigenvalue weighted by Gasteiger charge is -2.13. The van der Waals surface area contributed by atoms with E-state index in [1.54, 1.807) is 0 Å². The van der Waals surface area contributed by atoms with E-state index in [1.807, 2.05) is 0 Å². The Hall–Kier alpha value is -1.39. The van der Waals surface area contributed by atoms with Gasteiger partial charge in [-0.25, -0.2) is 0 Å². The molecule has 5 heteroatoms. The quantitative estimate of drug-likeness (QED) is 0.297. The van der Waals surface area contributed by atoms with Gasteiger partial charge in [-0.2, -0.15) is 0 Å². The lowest BCUT2D eigenvalue weighted by atomic mass is 9.95. The topological polar surface area (TPSA) is 60.4 Å². The maximum atomic E-state index is 11.0. The summed E-state index contributed by atoms with van der Waals surface area (Å²) in [5.41, 5.74) is 0.113. The summed E-state index contributed by atoms with van der Waals surface area (Å²) in [6, 6.07) is 0. The molecular formula is C7H5BO4. The molecule has 60 valence electrons. The number of rotatable bonds is 1. The average molecular weight is 164 g/mol. The fraction of sp³-hybridized carbons (Fsp3) is 0.286. The zero-order valence-corrected chi connectivity index (χ0v) is 6.42. The molecule has 0 amide bonds.